The Kier molecular flexibility index (Phi) is 3.04. The van der Waals surface area contributed by atoms with Gasteiger partial charge in [0.15, 0.2) is 0 Å². The number of nitrogens with zero attached hydrogens (tertiary/aromatic N) is 2. The van der Waals surface area contributed by atoms with E-state index in [1.807, 2.05) is 43.6 Å². The van der Waals surface area contributed by atoms with Crippen molar-refractivity contribution in [3.05, 3.63) is 47.2 Å². The summed E-state index contributed by atoms with van der Waals surface area (Å²) in [5.74, 6) is 0. The van der Waals surface area contributed by atoms with Gasteiger partial charge in [0.05, 0.1) is 16.4 Å². The molecular formula is C11H12ClN3. The summed E-state index contributed by atoms with van der Waals surface area (Å²) in [5.41, 5.74) is 1.90. The fraction of sp³-hybridized carbons (Fsp3) is 0.182. The molecule has 1 aromatic heterocycles. The lowest BCUT2D eigenvalue weighted by Gasteiger charge is -2.02. The average molecular weight is 222 g/mol. The van der Waals surface area contributed by atoms with Crippen molar-refractivity contribution in [3.63, 3.8) is 0 Å². The molecule has 0 aliphatic heterocycles. The van der Waals surface area contributed by atoms with Crippen LogP contribution in [-0.2, 0) is 6.54 Å². The predicted molar refractivity (Wildman–Crippen MR) is 61.3 cm³/mol. The summed E-state index contributed by atoms with van der Waals surface area (Å²) in [6.07, 6.45) is 1.91. The number of aromatic nitrogens is 2. The molecular weight excluding hydrogens is 210 g/mol. The smallest absolute Gasteiger partial charge is 0.0831 e. The fourth-order valence-corrected chi connectivity index (χ4v) is 1.63. The highest BCUT2D eigenvalue weighted by atomic mass is 35.5. The van der Waals surface area contributed by atoms with Crippen molar-refractivity contribution < 1.29 is 0 Å². The third-order valence-electron chi connectivity index (χ3n) is 2.10. The van der Waals surface area contributed by atoms with Crippen molar-refractivity contribution in [2.24, 2.45) is 0 Å². The maximum Gasteiger partial charge on any atom is 0.0831 e. The molecule has 1 N–H and O–H groups in total. The summed E-state index contributed by atoms with van der Waals surface area (Å²) in [4.78, 5) is 0. The standard InChI is InChI=1S/C11H12ClN3/c1-13-8-9-6-7-15(14-9)11-5-3-2-4-10(11)12/h2-7,13H,8H2,1H3. The molecule has 1 aromatic carbocycles. The zero-order chi connectivity index (χ0) is 10.7. The van der Waals surface area contributed by atoms with E-state index in [9.17, 15) is 0 Å². The van der Waals surface area contributed by atoms with Gasteiger partial charge < -0.3 is 5.32 Å². The summed E-state index contributed by atoms with van der Waals surface area (Å²) in [7, 11) is 1.90. The van der Waals surface area contributed by atoms with Crippen LogP contribution in [0.15, 0.2) is 36.5 Å². The lowest BCUT2D eigenvalue weighted by Crippen LogP contribution is -2.06. The molecule has 0 saturated carbocycles. The number of rotatable bonds is 3. The predicted octanol–water partition coefficient (Wildman–Crippen LogP) is 2.25. The Bertz CT molecular complexity index is 451. The van der Waals surface area contributed by atoms with Gasteiger partial charge in [-0.2, -0.15) is 5.10 Å². The van der Waals surface area contributed by atoms with Gasteiger partial charge in [-0.05, 0) is 25.2 Å². The molecule has 0 fully saturated rings. The largest absolute Gasteiger partial charge is 0.314 e. The molecule has 0 atom stereocenters. The van der Waals surface area contributed by atoms with Crippen LogP contribution < -0.4 is 5.32 Å². The maximum absolute atomic E-state index is 6.07. The van der Waals surface area contributed by atoms with Crippen LogP contribution in [-0.4, -0.2) is 16.8 Å². The van der Waals surface area contributed by atoms with E-state index in [2.05, 4.69) is 10.4 Å². The van der Waals surface area contributed by atoms with Gasteiger partial charge in [-0.15, -0.1) is 0 Å². The third kappa shape index (κ3) is 2.19. The van der Waals surface area contributed by atoms with Crippen LogP contribution in [0.4, 0.5) is 0 Å². The molecule has 1 heterocycles. The molecule has 0 bridgehead atoms. The molecule has 0 spiro atoms. The summed E-state index contributed by atoms with van der Waals surface area (Å²) in [5, 5.41) is 8.16. The topological polar surface area (TPSA) is 29.9 Å². The van der Waals surface area contributed by atoms with Crippen molar-refractivity contribution in [2.45, 2.75) is 6.54 Å². The van der Waals surface area contributed by atoms with Crippen molar-refractivity contribution in [3.8, 4) is 5.69 Å². The van der Waals surface area contributed by atoms with Gasteiger partial charge in [0.25, 0.3) is 0 Å². The summed E-state index contributed by atoms with van der Waals surface area (Å²) < 4.78 is 1.79. The van der Waals surface area contributed by atoms with Crippen molar-refractivity contribution in [1.82, 2.24) is 15.1 Å². The van der Waals surface area contributed by atoms with E-state index in [-0.39, 0.29) is 0 Å². The quantitative estimate of drug-likeness (QED) is 0.862. The fourth-order valence-electron chi connectivity index (χ4n) is 1.41. The summed E-state index contributed by atoms with van der Waals surface area (Å²) >= 11 is 6.07. The zero-order valence-corrected chi connectivity index (χ0v) is 9.20. The van der Waals surface area contributed by atoms with Gasteiger partial charge in [-0.3, -0.25) is 0 Å². The lowest BCUT2D eigenvalue weighted by molar-refractivity contribution is 0.757. The minimum absolute atomic E-state index is 0.705. The highest BCUT2D eigenvalue weighted by Gasteiger charge is 2.03. The number of halogens is 1. The second kappa shape index (κ2) is 4.47. The van der Waals surface area contributed by atoms with Crippen LogP contribution in [0.3, 0.4) is 0 Å². The van der Waals surface area contributed by atoms with Gasteiger partial charge >= 0.3 is 0 Å². The van der Waals surface area contributed by atoms with E-state index in [1.54, 1.807) is 4.68 Å². The molecule has 15 heavy (non-hydrogen) atoms. The number of nitrogens with one attached hydrogen (secondary N) is 1. The maximum atomic E-state index is 6.07. The van der Waals surface area contributed by atoms with Gasteiger partial charge in [0, 0.05) is 12.7 Å². The lowest BCUT2D eigenvalue weighted by atomic mass is 10.3. The molecule has 0 saturated heterocycles. The molecule has 0 amide bonds. The third-order valence-corrected chi connectivity index (χ3v) is 2.42. The average Bonchev–Trinajstić information content (AvgIpc) is 2.68. The molecule has 0 unspecified atom stereocenters. The molecule has 2 rings (SSSR count). The number of hydrogen-bond donors (Lipinski definition) is 1. The van der Waals surface area contributed by atoms with Crippen LogP contribution in [0, 0.1) is 0 Å². The normalized spacial score (nSPS) is 10.5. The van der Waals surface area contributed by atoms with Crippen LogP contribution in [0.25, 0.3) is 5.69 Å². The van der Waals surface area contributed by atoms with Crippen LogP contribution in [0.1, 0.15) is 5.69 Å². The molecule has 0 radical (unpaired) electrons. The van der Waals surface area contributed by atoms with Gasteiger partial charge in [0.2, 0.25) is 0 Å². The minimum atomic E-state index is 0.705. The Hall–Kier alpha value is -1.32. The highest BCUT2D eigenvalue weighted by Crippen LogP contribution is 2.18. The van der Waals surface area contributed by atoms with E-state index in [4.69, 9.17) is 11.6 Å². The Balaban J connectivity index is 2.33. The molecule has 2 aromatic rings. The Morgan fingerprint density at radius 2 is 2.13 bits per heavy atom. The first-order chi connectivity index (χ1) is 7.31. The summed E-state index contributed by atoms with van der Waals surface area (Å²) in [6.45, 7) is 0.761. The number of benzene rings is 1. The molecule has 0 aliphatic rings. The highest BCUT2D eigenvalue weighted by molar-refractivity contribution is 6.32. The van der Waals surface area contributed by atoms with Crippen LogP contribution in [0.2, 0.25) is 5.02 Å². The number of hydrogen-bond acceptors (Lipinski definition) is 2. The SMILES string of the molecule is CNCc1ccn(-c2ccccc2Cl)n1. The second-order valence-electron chi connectivity index (χ2n) is 3.23. The Labute approximate surface area is 93.7 Å². The second-order valence-corrected chi connectivity index (χ2v) is 3.64. The van der Waals surface area contributed by atoms with Gasteiger partial charge in [0.1, 0.15) is 0 Å². The van der Waals surface area contributed by atoms with Crippen LogP contribution in [0.5, 0.6) is 0 Å². The van der Waals surface area contributed by atoms with E-state index < -0.39 is 0 Å². The molecule has 78 valence electrons. The van der Waals surface area contributed by atoms with Crippen molar-refractivity contribution in [1.29, 1.82) is 0 Å². The van der Waals surface area contributed by atoms with E-state index in [0.717, 1.165) is 17.9 Å². The first kappa shape index (κ1) is 10.2. The van der Waals surface area contributed by atoms with Crippen molar-refractivity contribution >= 4 is 11.6 Å². The zero-order valence-electron chi connectivity index (χ0n) is 8.44. The van der Waals surface area contributed by atoms with Crippen molar-refractivity contribution in [2.75, 3.05) is 7.05 Å². The Morgan fingerprint density at radius 3 is 2.87 bits per heavy atom. The first-order valence-corrected chi connectivity index (χ1v) is 5.13. The van der Waals surface area contributed by atoms with Crippen LogP contribution >= 0.6 is 11.6 Å². The first-order valence-electron chi connectivity index (χ1n) is 4.75. The Morgan fingerprint density at radius 1 is 1.33 bits per heavy atom. The van der Waals surface area contributed by atoms with Gasteiger partial charge in [-0.1, -0.05) is 23.7 Å². The monoisotopic (exact) mass is 221 g/mol. The van der Waals surface area contributed by atoms with E-state index in [1.165, 1.54) is 0 Å². The summed E-state index contributed by atoms with van der Waals surface area (Å²) in [6, 6.07) is 9.62. The van der Waals surface area contributed by atoms with Gasteiger partial charge in [-0.25, -0.2) is 4.68 Å². The molecule has 3 nitrogen and oxygen atoms in total. The van der Waals surface area contributed by atoms with E-state index >= 15 is 0 Å². The number of para-hydroxylation sites is 1. The van der Waals surface area contributed by atoms with E-state index in [0.29, 0.717) is 5.02 Å². The minimum Gasteiger partial charge on any atom is -0.314 e. The molecule has 0 aliphatic carbocycles. The molecule has 4 heteroatoms.